The maximum atomic E-state index is 12.4. The smallest absolute Gasteiger partial charge is 0.227 e. The fourth-order valence-corrected chi connectivity index (χ4v) is 2.69. The van der Waals surface area contributed by atoms with E-state index in [1.54, 1.807) is 12.0 Å². The third-order valence-corrected chi connectivity index (χ3v) is 3.97. The fourth-order valence-electron chi connectivity index (χ4n) is 2.69. The molecule has 17 heavy (non-hydrogen) atoms. The van der Waals surface area contributed by atoms with Crippen LogP contribution in [0, 0.1) is 11.8 Å². The van der Waals surface area contributed by atoms with E-state index in [0.717, 1.165) is 19.3 Å². The van der Waals surface area contributed by atoms with Gasteiger partial charge in [0.25, 0.3) is 0 Å². The fraction of sp³-hybridized carbons (Fsp3) is 0.923. The van der Waals surface area contributed by atoms with E-state index in [9.17, 15) is 4.79 Å². The summed E-state index contributed by atoms with van der Waals surface area (Å²) in [6.45, 7) is 4.70. The first-order valence-corrected chi connectivity index (χ1v) is 6.50. The SMILES string of the molecule is COCC(C)N(C)C(=O)C1C(C)CCCC1N. The summed E-state index contributed by atoms with van der Waals surface area (Å²) in [6, 6.07) is 0.122. The van der Waals surface area contributed by atoms with Crippen LogP contribution in [0.2, 0.25) is 0 Å². The summed E-state index contributed by atoms with van der Waals surface area (Å²) in [5, 5.41) is 0. The second-order valence-electron chi connectivity index (χ2n) is 5.35. The molecule has 0 heterocycles. The molecule has 0 saturated heterocycles. The molecule has 1 rings (SSSR count). The van der Waals surface area contributed by atoms with Crippen LogP contribution in [0.5, 0.6) is 0 Å². The summed E-state index contributed by atoms with van der Waals surface area (Å²) >= 11 is 0. The van der Waals surface area contributed by atoms with E-state index in [0.29, 0.717) is 12.5 Å². The largest absolute Gasteiger partial charge is 0.383 e. The number of hydrogen-bond acceptors (Lipinski definition) is 3. The molecule has 0 aromatic heterocycles. The molecule has 0 aromatic rings. The van der Waals surface area contributed by atoms with Crippen LogP contribution in [-0.2, 0) is 9.53 Å². The molecule has 0 aromatic carbocycles. The lowest BCUT2D eigenvalue weighted by Gasteiger charge is -2.37. The zero-order valence-corrected chi connectivity index (χ0v) is 11.5. The number of carbonyl (C=O) groups is 1. The standard InChI is InChI=1S/C13H26N2O2/c1-9-6-5-7-11(14)12(9)13(16)15(3)10(2)8-17-4/h9-12H,5-8,14H2,1-4H3. The Morgan fingerprint density at radius 3 is 2.71 bits per heavy atom. The number of likely N-dealkylation sites (N-methyl/N-ethyl adjacent to an activating group) is 1. The Kier molecular flexibility index (Phi) is 5.40. The van der Waals surface area contributed by atoms with Gasteiger partial charge in [-0.05, 0) is 25.7 Å². The van der Waals surface area contributed by atoms with Gasteiger partial charge in [0.05, 0.1) is 18.6 Å². The van der Waals surface area contributed by atoms with Gasteiger partial charge < -0.3 is 15.4 Å². The molecule has 1 aliphatic carbocycles. The predicted octanol–water partition coefficient (Wildman–Crippen LogP) is 1.24. The maximum absolute atomic E-state index is 12.4. The van der Waals surface area contributed by atoms with E-state index in [2.05, 4.69) is 6.92 Å². The van der Waals surface area contributed by atoms with Crippen molar-refractivity contribution in [3.8, 4) is 0 Å². The number of rotatable bonds is 4. The molecule has 1 fully saturated rings. The monoisotopic (exact) mass is 242 g/mol. The van der Waals surface area contributed by atoms with Gasteiger partial charge in [-0.2, -0.15) is 0 Å². The lowest BCUT2D eigenvalue weighted by atomic mass is 9.76. The number of methoxy groups -OCH3 is 1. The zero-order chi connectivity index (χ0) is 13.0. The molecule has 1 saturated carbocycles. The number of hydrogen-bond donors (Lipinski definition) is 1. The Hall–Kier alpha value is -0.610. The van der Waals surface area contributed by atoms with Crippen molar-refractivity contribution in [3.63, 3.8) is 0 Å². The van der Waals surface area contributed by atoms with Crippen molar-refractivity contribution in [1.29, 1.82) is 0 Å². The second kappa shape index (κ2) is 6.36. The lowest BCUT2D eigenvalue weighted by Crippen LogP contribution is -2.50. The summed E-state index contributed by atoms with van der Waals surface area (Å²) in [7, 11) is 3.50. The highest BCUT2D eigenvalue weighted by molar-refractivity contribution is 5.80. The van der Waals surface area contributed by atoms with Crippen molar-refractivity contribution in [2.45, 2.75) is 45.2 Å². The van der Waals surface area contributed by atoms with E-state index in [1.807, 2.05) is 14.0 Å². The lowest BCUT2D eigenvalue weighted by molar-refractivity contribution is -0.140. The van der Waals surface area contributed by atoms with Crippen LogP contribution in [0.1, 0.15) is 33.1 Å². The Balaban J connectivity index is 2.66. The van der Waals surface area contributed by atoms with E-state index in [4.69, 9.17) is 10.5 Å². The minimum atomic E-state index is -0.0203. The van der Waals surface area contributed by atoms with E-state index < -0.39 is 0 Å². The van der Waals surface area contributed by atoms with E-state index in [1.165, 1.54) is 0 Å². The predicted molar refractivity (Wildman–Crippen MR) is 68.6 cm³/mol. The van der Waals surface area contributed by atoms with Gasteiger partial charge in [-0.3, -0.25) is 4.79 Å². The molecule has 4 heteroatoms. The average Bonchev–Trinajstić information content (AvgIpc) is 2.27. The Bertz CT molecular complexity index is 248. The van der Waals surface area contributed by atoms with Crippen LogP contribution in [0.25, 0.3) is 0 Å². The van der Waals surface area contributed by atoms with Gasteiger partial charge in [-0.1, -0.05) is 13.3 Å². The molecule has 2 N–H and O–H groups in total. The second-order valence-corrected chi connectivity index (χ2v) is 5.35. The molecular formula is C13H26N2O2. The maximum Gasteiger partial charge on any atom is 0.227 e. The van der Waals surface area contributed by atoms with Crippen molar-refractivity contribution in [2.75, 3.05) is 20.8 Å². The summed E-state index contributed by atoms with van der Waals surface area (Å²) < 4.78 is 5.09. The Morgan fingerprint density at radius 2 is 2.18 bits per heavy atom. The highest BCUT2D eigenvalue weighted by Gasteiger charge is 2.36. The third kappa shape index (κ3) is 3.42. The molecule has 0 aliphatic heterocycles. The number of nitrogens with two attached hydrogens (primary N) is 1. The highest BCUT2D eigenvalue weighted by Crippen LogP contribution is 2.30. The average molecular weight is 242 g/mol. The third-order valence-electron chi connectivity index (χ3n) is 3.97. The van der Waals surface area contributed by atoms with Gasteiger partial charge in [0.1, 0.15) is 0 Å². The number of amides is 1. The molecule has 0 bridgehead atoms. The van der Waals surface area contributed by atoms with Crippen molar-refractivity contribution in [2.24, 2.45) is 17.6 Å². The van der Waals surface area contributed by atoms with Crippen LogP contribution in [-0.4, -0.2) is 43.7 Å². The molecule has 4 unspecified atom stereocenters. The van der Waals surface area contributed by atoms with Gasteiger partial charge in [0.2, 0.25) is 5.91 Å². The molecule has 4 nitrogen and oxygen atoms in total. The zero-order valence-electron chi connectivity index (χ0n) is 11.5. The van der Waals surface area contributed by atoms with Crippen LogP contribution in [0.3, 0.4) is 0 Å². The first kappa shape index (κ1) is 14.5. The minimum Gasteiger partial charge on any atom is -0.383 e. The topological polar surface area (TPSA) is 55.6 Å². The Morgan fingerprint density at radius 1 is 1.53 bits per heavy atom. The van der Waals surface area contributed by atoms with Crippen LogP contribution < -0.4 is 5.73 Å². The molecule has 0 spiro atoms. The normalized spacial score (nSPS) is 31.0. The van der Waals surface area contributed by atoms with Gasteiger partial charge in [0, 0.05) is 20.2 Å². The van der Waals surface area contributed by atoms with Crippen molar-refractivity contribution in [3.05, 3.63) is 0 Å². The molecule has 1 amide bonds. The van der Waals surface area contributed by atoms with E-state index >= 15 is 0 Å². The first-order valence-electron chi connectivity index (χ1n) is 6.50. The van der Waals surface area contributed by atoms with E-state index in [-0.39, 0.29) is 23.9 Å². The van der Waals surface area contributed by atoms with Crippen molar-refractivity contribution in [1.82, 2.24) is 4.90 Å². The van der Waals surface area contributed by atoms with Crippen LogP contribution in [0.4, 0.5) is 0 Å². The number of carbonyl (C=O) groups excluding carboxylic acids is 1. The van der Waals surface area contributed by atoms with Crippen molar-refractivity contribution >= 4 is 5.91 Å². The first-order chi connectivity index (χ1) is 7.99. The molecular weight excluding hydrogens is 216 g/mol. The summed E-state index contributed by atoms with van der Waals surface area (Å²) in [4.78, 5) is 14.2. The number of ether oxygens (including phenoxy) is 1. The van der Waals surface area contributed by atoms with Gasteiger partial charge >= 0.3 is 0 Å². The van der Waals surface area contributed by atoms with Gasteiger partial charge in [0.15, 0.2) is 0 Å². The molecule has 1 aliphatic rings. The quantitative estimate of drug-likeness (QED) is 0.807. The van der Waals surface area contributed by atoms with Gasteiger partial charge in [-0.25, -0.2) is 0 Å². The number of nitrogens with zero attached hydrogens (tertiary/aromatic N) is 1. The summed E-state index contributed by atoms with van der Waals surface area (Å²) in [5.41, 5.74) is 6.10. The molecule has 0 radical (unpaired) electrons. The van der Waals surface area contributed by atoms with Crippen molar-refractivity contribution < 1.29 is 9.53 Å². The molecule has 4 atom stereocenters. The summed E-state index contributed by atoms with van der Waals surface area (Å²) in [5.74, 6) is 0.547. The summed E-state index contributed by atoms with van der Waals surface area (Å²) in [6.07, 6.45) is 3.22. The Labute approximate surface area is 104 Å². The minimum absolute atomic E-state index is 0.0171. The molecule has 100 valence electrons. The van der Waals surface area contributed by atoms with Gasteiger partial charge in [-0.15, -0.1) is 0 Å². The van der Waals surface area contributed by atoms with Crippen LogP contribution in [0.15, 0.2) is 0 Å². The van der Waals surface area contributed by atoms with Crippen LogP contribution >= 0.6 is 0 Å². The highest BCUT2D eigenvalue weighted by atomic mass is 16.5.